The Morgan fingerprint density at radius 1 is 0.645 bits per heavy atom. The van der Waals surface area contributed by atoms with Crippen LogP contribution in [0.5, 0.6) is 23.0 Å². The van der Waals surface area contributed by atoms with Crippen LogP contribution in [-0.2, 0) is 0 Å². The predicted molar refractivity (Wildman–Crippen MR) is 124 cm³/mol. The van der Waals surface area contributed by atoms with Crippen LogP contribution in [0.25, 0.3) is 0 Å². The first-order valence-corrected chi connectivity index (χ1v) is 11.7. The Balaban J connectivity index is 1.18. The normalized spacial score (nSPS) is 22.0. The van der Waals surface area contributed by atoms with Gasteiger partial charge in [-0.3, -0.25) is 0 Å². The molecule has 31 heavy (non-hydrogen) atoms. The monoisotopic (exact) mass is 424 g/mol. The molecule has 0 aliphatic carbocycles. The van der Waals surface area contributed by atoms with Crippen molar-refractivity contribution in [2.75, 3.05) is 40.4 Å². The maximum absolute atomic E-state index is 5.96. The summed E-state index contributed by atoms with van der Waals surface area (Å²) in [5.74, 6) is 3.40. The van der Waals surface area contributed by atoms with Gasteiger partial charge in [-0.2, -0.15) is 0 Å². The van der Waals surface area contributed by atoms with Crippen molar-refractivity contribution in [3.8, 4) is 23.0 Å². The summed E-state index contributed by atoms with van der Waals surface area (Å²) in [6.45, 7) is 3.94. The molecule has 2 fully saturated rings. The number of likely N-dealkylation sites (tertiary alicyclic amines) is 2. The SMILES string of the molecule is CN1CCCC1CCOc1ccc(Oc2ccc(OCCC3CCCN3C)cc2)cc1. The van der Waals surface area contributed by atoms with Crippen molar-refractivity contribution < 1.29 is 14.2 Å². The molecule has 2 aromatic carbocycles. The van der Waals surface area contributed by atoms with Gasteiger partial charge in [0.2, 0.25) is 0 Å². The zero-order valence-corrected chi connectivity index (χ0v) is 19.0. The molecule has 2 saturated heterocycles. The molecule has 5 heteroatoms. The fraction of sp³-hybridized carbons (Fsp3) is 0.538. The van der Waals surface area contributed by atoms with Crippen molar-refractivity contribution in [3.63, 3.8) is 0 Å². The van der Waals surface area contributed by atoms with Crippen molar-refractivity contribution in [1.29, 1.82) is 0 Å². The number of rotatable bonds is 10. The zero-order chi connectivity index (χ0) is 21.5. The molecule has 5 nitrogen and oxygen atoms in total. The molecule has 168 valence electrons. The van der Waals surface area contributed by atoms with E-state index in [9.17, 15) is 0 Å². The number of benzene rings is 2. The van der Waals surface area contributed by atoms with Crippen LogP contribution in [0.4, 0.5) is 0 Å². The molecule has 0 N–H and O–H groups in total. The van der Waals surface area contributed by atoms with Crippen molar-refractivity contribution in [2.45, 2.75) is 50.6 Å². The van der Waals surface area contributed by atoms with Crippen molar-refractivity contribution in [2.24, 2.45) is 0 Å². The Labute approximate surface area is 186 Å². The van der Waals surface area contributed by atoms with Crippen LogP contribution in [0.15, 0.2) is 48.5 Å². The topological polar surface area (TPSA) is 34.2 Å². The van der Waals surface area contributed by atoms with E-state index in [2.05, 4.69) is 23.9 Å². The highest BCUT2D eigenvalue weighted by atomic mass is 16.5. The van der Waals surface area contributed by atoms with Crippen LogP contribution in [0, 0.1) is 0 Å². The summed E-state index contributed by atoms with van der Waals surface area (Å²) in [5.41, 5.74) is 0. The second-order valence-electron chi connectivity index (χ2n) is 8.87. The fourth-order valence-electron chi connectivity index (χ4n) is 4.66. The molecule has 2 heterocycles. The summed E-state index contributed by atoms with van der Waals surface area (Å²) in [7, 11) is 4.41. The van der Waals surface area contributed by atoms with E-state index in [1.165, 1.54) is 38.8 Å². The minimum atomic E-state index is 0.665. The summed E-state index contributed by atoms with van der Waals surface area (Å²) in [6, 6.07) is 17.1. The van der Waals surface area contributed by atoms with E-state index < -0.39 is 0 Å². The molecule has 2 aliphatic heterocycles. The molecule has 4 rings (SSSR count). The Kier molecular flexibility index (Phi) is 7.71. The Morgan fingerprint density at radius 2 is 1.03 bits per heavy atom. The predicted octanol–water partition coefficient (Wildman–Crippen LogP) is 5.21. The minimum absolute atomic E-state index is 0.665. The smallest absolute Gasteiger partial charge is 0.127 e. The third kappa shape index (κ3) is 6.37. The number of hydrogen-bond acceptors (Lipinski definition) is 5. The molecule has 0 saturated carbocycles. The summed E-state index contributed by atoms with van der Waals surface area (Å²) in [5, 5.41) is 0. The van der Waals surface area contributed by atoms with E-state index in [-0.39, 0.29) is 0 Å². The molecule has 0 amide bonds. The van der Waals surface area contributed by atoms with E-state index in [0.717, 1.165) is 49.1 Å². The molecule has 2 aromatic rings. The second-order valence-corrected chi connectivity index (χ2v) is 8.87. The highest BCUT2D eigenvalue weighted by Gasteiger charge is 2.21. The molecule has 2 unspecified atom stereocenters. The van der Waals surface area contributed by atoms with Gasteiger partial charge in [-0.1, -0.05) is 0 Å². The maximum Gasteiger partial charge on any atom is 0.127 e. The van der Waals surface area contributed by atoms with Gasteiger partial charge in [-0.25, -0.2) is 0 Å². The van der Waals surface area contributed by atoms with Crippen molar-refractivity contribution >= 4 is 0 Å². The number of nitrogens with zero attached hydrogens (tertiary/aromatic N) is 2. The summed E-state index contributed by atoms with van der Waals surface area (Å²) >= 11 is 0. The number of ether oxygens (including phenoxy) is 3. The van der Waals surface area contributed by atoms with E-state index in [1.807, 2.05) is 48.5 Å². The van der Waals surface area contributed by atoms with Gasteiger partial charge in [0.15, 0.2) is 0 Å². The summed E-state index contributed by atoms with van der Waals surface area (Å²) < 4.78 is 17.8. The average molecular weight is 425 g/mol. The lowest BCUT2D eigenvalue weighted by atomic mass is 10.1. The lowest BCUT2D eigenvalue weighted by Gasteiger charge is -2.19. The van der Waals surface area contributed by atoms with Crippen LogP contribution >= 0.6 is 0 Å². The molecule has 2 atom stereocenters. The molecule has 0 aromatic heterocycles. The molecule has 0 spiro atoms. The number of hydrogen-bond donors (Lipinski definition) is 0. The van der Waals surface area contributed by atoms with Gasteiger partial charge < -0.3 is 24.0 Å². The Morgan fingerprint density at radius 3 is 1.39 bits per heavy atom. The lowest BCUT2D eigenvalue weighted by molar-refractivity contribution is 0.233. The van der Waals surface area contributed by atoms with Gasteiger partial charge >= 0.3 is 0 Å². The van der Waals surface area contributed by atoms with Crippen molar-refractivity contribution in [3.05, 3.63) is 48.5 Å². The Bertz CT molecular complexity index is 726. The highest BCUT2D eigenvalue weighted by Crippen LogP contribution is 2.26. The zero-order valence-electron chi connectivity index (χ0n) is 19.0. The third-order valence-electron chi connectivity index (χ3n) is 6.67. The van der Waals surface area contributed by atoms with Gasteiger partial charge in [0, 0.05) is 12.1 Å². The molecule has 0 radical (unpaired) electrons. The molecular weight excluding hydrogens is 388 g/mol. The molecule has 2 aliphatic rings. The van der Waals surface area contributed by atoms with E-state index in [1.54, 1.807) is 0 Å². The summed E-state index contributed by atoms with van der Waals surface area (Å²) in [4.78, 5) is 4.87. The third-order valence-corrected chi connectivity index (χ3v) is 6.67. The fourth-order valence-corrected chi connectivity index (χ4v) is 4.66. The largest absolute Gasteiger partial charge is 0.494 e. The van der Waals surface area contributed by atoms with Gasteiger partial charge in [0.25, 0.3) is 0 Å². The van der Waals surface area contributed by atoms with Crippen LogP contribution in [-0.4, -0.2) is 62.3 Å². The first-order chi connectivity index (χ1) is 15.2. The van der Waals surface area contributed by atoms with Gasteiger partial charge in [0.1, 0.15) is 23.0 Å². The van der Waals surface area contributed by atoms with E-state index >= 15 is 0 Å². The van der Waals surface area contributed by atoms with Gasteiger partial charge in [0.05, 0.1) is 13.2 Å². The average Bonchev–Trinajstić information content (AvgIpc) is 3.38. The molecule has 0 bridgehead atoms. The van der Waals surface area contributed by atoms with Crippen LogP contribution in [0.3, 0.4) is 0 Å². The van der Waals surface area contributed by atoms with Gasteiger partial charge in [-0.05, 0) is 114 Å². The van der Waals surface area contributed by atoms with Crippen LogP contribution in [0.2, 0.25) is 0 Å². The van der Waals surface area contributed by atoms with Crippen LogP contribution < -0.4 is 14.2 Å². The highest BCUT2D eigenvalue weighted by molar-refractivity contribution is 5.37. The minimum Gasteiger partial charge on any atom is -0.494 e. The quantitative estimate of drug-likeness (QED) is 0.523. The summed E-state index contributed by atoms with van der Waals surface area (Å²) in [6.07, 6.45) is 7.35. The Hall–Kier alpha value is -2.24. The first kappa shape index (κ1) is 22.0. The van der Waals surface area contributed by atoms with E-state index in [4.69, 9.17) is 14.2 Å². The van der Waals surface area contributed by atoms with Crippen LogP contribution in [0.1, 0.15) is 38.5 Å². The van der Waals surface area contributed by atoms with Gasteiger partial charge in [-0.15, -0.1) is 0 Å². The standard InChI is InChI=1S/C26H36N2O3/c1-27-17-3-5-21(27)15-19-29-23-7-11-25(12-8-23)31-26-13-9-24(10-14-26)30-20-16-22-6-4-18-28(22)2/h7-14,21-22H,3-6,15-20H2,1-2H3. The lowest BCUT2D eigenvalue weighted by Crippen LogP contribution is -2.26. The first-order valence-electron chi connectivity index (χ1n) is 11.7. The molecular formula is C26H36N2O3. The van der Waals surface area contributed by atoms with Crippen molar-refractivity contribution in [1.82, 2.24) is 9.80 Å². The van der Waals surface area contributed by atoms with E-state index in [0.29, 0.717) is 12.1 Å². The maximum atomic E-state index is 5.96. The second kappa shape index (κ2) is 10.9.